The van der Waals surface area contributed by atoms with Gasteiger partial charge in [0.1, 0.15) is 11.6 Å². The summed E-state index contributed by atoms with van der Waals surface area (Å²) < 4.78 is 6.51. The van der Waals surface area contributed by atoms with Gasteiger partial charge in [-0.2, -0.15) is 9.50 Å². The molecule has 0 saturated heterocycles. The molecule has 3 heterocycles. The van der Waals surface area contributed by atoms with E-state index in [0.29, 0.717) is 17.1 Å². The van der Waals surface area contributed by atoms with E-state index >= 15 is 0 Å². The molecule has 0 saturated carbocycles. The van der Waals surface area contributed by atoms with Crippen LogP contribution in [0.1, 0.15) is 10.4 Å². The smallest absolute Gasteiger partial charge is 0.258 e. The third-order valence-electron chi connectivity index (χ3n) is 3.85. The van der Waals surface area contributed by atoms with Gasteiger partial charge in [0, 0.05) is 24.0 Å². The number of anilines is 1. The van der Waals surface area contributed by atoms with Crippen molar-refractivity contribution in [1.29, 1.82) is 0 Å². The molecule has 0 spiro atoms. The summed E-state index contributed by atoms with van der Waals surface area (Å²) in [4.78, 5) is 35.2. The summed E-state index contributed by atoms with van der Waals surface area (Å²) in [5.41, 5.74) is 0.698. The summed E-state index contributed by atoms with van der Waals surface area (Å²) in [5.74, 6) is 1.12. The maximum absolute atomic E-state index is 12.4. The maximum atomic E-state index is 12.4. The minimum atomic E-state index is -0.406. The van der Waals surface area contributed by atoms with E-state index in [2.05, 4.69) is 25.4 Å². The van der Waals surface area contributed by atoms with Gasteiger partial charge in [-0.15, -0.1) is 5.10 Å². The zero-order chi connectivity index (χ0) is 18.8. The number of hydrogen-bond acceptors (Lipinski definition) is 6. The van der Waals surface area contributed by atoms with E-state index in [-0.39, 0.29) is 11.6 Å². The summed E-state index contributed by atoms with van der Waals surface area (Å²) in [6.45, 7) is 0. The number of nitrogens with zero attached hydrogens (tertiary/aromatic N) is 4. The van der Waals surface area contributed by atoms with Crippen LogP contribution in [0.3, 0.4) is 0 Å². The van der Waals surface area contributed by atoms with Crippen LogP contribution in [0.5, 0.6) is 5.75 Å². The van der Waals surface area contributed by atoms with Crippen molar-refractivity contribution in [3.05, 3.63) is 70.8 Å². The summed E-state index contributed by atoms with van der Waals surface area (Å²) >= 11 is 0. The molecule has 0 aliphatic rings. The van der Waals surface area contributed by atoms with Gasteiger partial charge in [0.15, 0.2) is 5.82 Å². The standard InChI is InChI=1S/C18H14N6O3/c1-27-13-6-4-11(5-7-13)16-22-18-21-15(25)9-14(24(18)23-16)20-17(26)12-3-2-8-19-10-12/h2-10H,1H3,(H,20,26)(H,21,22,23,25). The molecule has 0 atom stereocenters. The average Bonchev–Trinajstić information content (AvgIpc) is 3.13. The number of aromatic amines is 1. The number of H-pyrrole nitrogens is 1. The number of carbonyl (C=O) groups is 1. The molecule has 134 valence electrons. The Morgan fingerprint density at radius 1 is 1.22 bits per heavy atom. The lowest BCUT2D eigenvalue weighted by Gasteiger charge is -2.05. The first-order valence-electron chi connectivity index (χ1n) is 8.00. The van der Waals surface area contributed by atoms with Crippen molar-refractivity contribution in [2.24, 2.45) is 0 Å². The van der Waals surface area contributed by atoms with Gasteiger partial charge in [-0.05, 0) is 36.4 Å². The lowest BCUT2D eigenvalue weighted by molar-refractivity contribution is 0.102. The van der Waals surface area contributed by atoms with E-state index in [0.717, 1.165) is 5.56 Å². The van der Waals surface area contributed by atoms with Crippen molar-refractivity contribution in [1.82, 2.24) is 24.6 Å². The number of hydrogen-bond donors (Lipinski definition) is 2. The first kappa shape index (κ1) is 16.5. The second-order valence-corrected chi connectivity index (χ2v) is 5.61. The molecule has 0 aliphatic heterocycles. The molecule has 4 rings (SSSR count). The number of methoxy groups -OCH3 is 1. The largest absolute Gasteiger partial charge is 0.497 e. The van der Waals surface area contributed by atoms with Gasteiger partial charge in [-0.25, -0.2) is 0 Å². The van der Waals surface area contributed by atoms with Crippen LogP contribution in [0.15, 0.2) is 59.7 Å². The van der Waals surface area contributed by atoms with Gasteiger partial charge in [-0.3, -0.25) is 19.6 Å². The van der Waals surface area contributed by atoms with Crippen molar-refractivity contribution in [3.8, 4) is 17.1 Å². The number of fused-ring (bicyclic) bond motifs is 1. The molecule has 3 aromatic heterocycles. The topological polar surface area (TPSA) is 114 Å². The predicted octanol–water partition coefficient (Wildman–Crippen LogP) is 1.74. The Labute approximate surface area is 152 Å². The number of carbonyl (C=O) groups excluding carboxylic acids is 1. The first-order valence-corrected chi connectivity index (χ1v) is 8.00. The molecule has 4 aromatic rings. The van der Waals surface area contributed by atoms with Crippen LogP contribution in [-0.4, -0.2) is 37.6 Å². The summed E-state index contributed by atoms with van der Waals surface area (Å²) in [7, 11) is 1.58. The van der Waals surface area contributed by atoms with Gasteiger partial charge >= 0.3 is 0 Å². The van der Waals surface area contributed by atoms with Crippen molar-refractivity contribution >= 4 is 17.5 Å². The zero-order valence-electron chi connectivity index (χ0n) is 14.2. The van der Waals surface area contributed by atoms with Gasteiger partial charge in [0.25, 0.3) is 11.5 Å². The highest BCUT2D eigenvalue weighted by Crippen LogP contribution is 2.20. The van der Waals surface area contributed by atoms with E-state index in [9.17, 15) is 9.59 Å². The van der Waals surface area contributed by atoms with E-state index < -0.39 is 11.5 Å². The molecular weight excluding hydrogens is 348 g/mol. The van der Waals surface area contributed by atoms with Crippen molar-refractivity contribution in [2.75, 3.05) is 12.4 Å². The second-order valence-electron chi connectivity index (χ2n) is 5.61. The second kappa shape index (κ2) is 6.71. The molecule has 1 aromatic carbocycles. The number of pyridine rings is 1. The number of rotatable bonds is 4. The fourth-order valence-electron chi connectivity index (χ4n) is 2.53. The normalized spacial score (nSPS) is 10.7. The van der Waals surface area contributed by atoms with E-state index in [1.807, 2.05) is 0 Å². The SMILES string of the molecule is COc1ccc(-c2nc3[nH]c(=O)cc(NC(=O)c4cccnc4)n3n2)cc1. The molecule has 9 nitrogen and oxygen atoms in total. The highest BCUT2D eigenvalue weighted by atomic mass is 16.5. The van der Waals surface area contributed by atoms with Crippen molar-refractivity contribution in [3.63, 3.8) is 0 Å². The molecule has 0 unspecified atom stereocenters. The quantitative estimate of drug-likeness (QED) is 0.571. The first-order chi connectivity index (χ1) is 13.1. The molecule has 0 aliphatic carbocycles. The maximum Gasteiger partial charge on any atom is 0.258 e. The molecule has 0 radical (unpaired) electrons. The number of aromatic nitrogens is 5. The number of benzene rings is 1. The molecule has 9 heteroatoms. The number of ether oxygens (including phenoxy) is 1. The molecule has 0 bridgehead atoms. The van der Waals surface area contributed by atoms with Crippen LogP contribution < -0.4 is 15.6 Å². The Hall–Kier alpha value is -4.01. The summed E-state index contributed by atoms with van der Waals surface area (Å²) in [6.07, 6.45) is 3.00. The fraction of sp³-hybridized carbons (Fsp3) is 0.0556. The van der Waals surface area contributed by atoms with Crippen LogP contribution in [-0.2, 0) is 0 Å². The molecule has 0 fully saturated rings. The number of nitrogens with one attached hydrogen (secondary N) is 2. The Balaban J connectivity index is 1.73. The van der Waals surface area contributed by atoms with Crippen LogP contribution in [0.4, 0.5) is 5.82 Å². The third-order valence-corrected chi connectivity index (χ3v) is 3.85. The van der Waals surface area contributed by atoms with E-state index in [4.69, 9.17) is 4.74 Å². The highest BCUT2D eigenvalue weighted by molar-refractivity contribution is 6.03. The van der Waals surface area contributed by atoms with Crippen LogP contribution in [0, 0.1) is 0 Å². The lowest BCUT2D eigenvalue weighted by Crippen LogP contribution is -2.18. The predicted molar refractivity (Wildman–Crippen MR) is 97.8 cm³/mol. The monoisotopic (exact) mass is 362 g/mol. The minimum Gasteiger partial charge on any atom is -0.497 e. The Kier molecular flexibility index (Phi) is 4.09. The Morgan fingerprint density at radius 3 is 2.74 bits per heavy atom. The zero-order valence-corrected chi connectivity index (χ0v) is 14.2. The molecule has 27 heavy (non-hydrogen) atoms. The molecule has 1 amide bonds. The average molecular weight is 362 g/mol. The van der Waals surface area contributed by atoms with Gasteiger partial charge in [0.05, 0.1) is 12.7 Å². The van der Waals surface area contributed by atoms with Crippen LogP contribution >= 0.6 is 0 Å². The molecular formula is C18H14N6O3. The third kappa shape index (κ3) is 3.25. The Morgan fingerprint density at radius 2 is 2.04 bits per heavy atom. The van der Waals surface area contributed by atoms with Gasteiger partial charge in [0.2, 0.25) is 5.78 Å². The molecule has 2 N–H and O–H groups in total. The highest BCUT2D eigenvalue weighted by Gasteiger charge is 2.14. The minimum absolute atomic E-state index is 0.204. The van der Waals surface area contributed by atoms with Crippen molar-refractivity contribution < 1.29 is 9.53 Å². The van der Waals surface area contributed by atoms with E-state index in [1.165, 1.54) is 16.8 Å². The van der Waals surface area contributed by atoms with Crippen LogP contribution in [0.25, 0.3) is 17.2 Å². The number of amides is 1. The lowest BCUT2D eigenvalue weighted by atomic mass is 10.2. The van der Waals surface area contributed by atoms with Crippen LogP contribution in [0.2, 0.25) is 0 Å². The van der Waals surface area contributed by atoms with E-state index in [1.54, 1.807) is 49.7 Å². The van der Waals surface area contributed by atoms with Gasteiger partial charge < -0.3 is 10.1 Å². The summed E-state index contributed by atoms with van der Waals surface area (Å²) in [6, 6.07) is 11.7. The van der Waals surface area contributed by atoms with Gasteiger partial charge in [-0.1, -0.05) is 0 Å². The van der Waals surface area contributed by atoms with Crippen molar-refractivity contribution in [2.45, 2.75) is 0 Å². The summed E-state index contributed by atoms with van der Waals surface area (Å²) in [5, 5.41) is 7.06. The fourth-order valence-corrected chi connectivity index (χ4v) is 2.53. The Bertz CT molecular complexity index is 1170.